The molecule has 17 heavy (non-hydrogen) atoms. The minimum Gasteiger partial charge on any atom is -0.481 e. The van der Waals surface area contributed by atoms with E-state index in [4.69, 9.17) is 9.84 Å². The summed E-state index contributed by atoms with van der Waals surface area (Å²) in [5.74, 6) is -1.23. The third-order valence-corrected chi connectivity index (χ3v) is 2.27. The van der Waals surface area contributed by atoms with E-state index in [1.54, 1.807) is 7.05 Å². The van der Waals surface area contributed by atoms with Gasteiger partial charge in [-0.15, -0.1) is 0 Å². The summed E-state index contributed by atoms with van der Waals surface area (Å²) in [5.41, 5.74) is -0.00745. The quantitative estimate of drug-likeness (QED) is 0.814. The molecule has 1 aromatic rings. The number of aromatic carboxylic acids is 1. The first-order valence-electron chi connectivity index (χ1n) is 5.10. The van der Waals surface area contributed by atoms with Gasteiger partial charge in [0.25, 0.3) is 5.91 Å². The highest BCUT2D eigenvalue weighted by molar-refractivity contribution is 5.90. The van der Waals surface area contributed by atoms with Crippen molar-refractivity contribution < 1.29 is 19.4 Å². The molecule has 0 unspecified atom stereocenters. The van der Waals surface area contributed by atoms with E-state index in [-0.39, 0.29) is 23.8 Å². The largest absolute Gasteiger partial charge is 0.481 e. The van der Waals surface area contributed by atoms with Gasteiger partial charge in [0.2, 0.25) is 0 Å². The second-order valence-corrected chi connectivity index (χ2v) is 3.37. The molecule has 6 nitrogen and oxygen atoms in total. The molecule has 0 fully saturated rings. The molecule has 0 spiro atoms. The lowest BCUT2D eigenvalue weighted by atomic mass is 10.2. The van der Waals surface area contributed by atoms with Crippen LogP contribution in [0.3, 0.4) is 0 Å². The SMILES string of the molecule is CCN(C)C(=O)COc1cnccc1C(=O)O. The summed E-state index contributed by atoms with van der Waals surface area (Å²) < 4.78 is 5.15. The van der Waals surface area contributed by atoms with Crippen LogP contribution < -0.4 is 4.74 Å². The van der Waals surface area contributed by atoms with Crippen molar-refractivity contribution in [2.75, 3.05) is 20.2 Å². The zero-order valence-corrected chi connectivity index (χ0v) is 9.71. The van der Waals surface area contributed by atoms with Crippen molar-refractivity contribution in [2.45, 2.75) is 6.92 Å². The van der Waals surface area contributed by atoms with Gasteiger partial charge in [-0.3, -0.25) is 9.78 Å². The number of aromatic nitrogens is 1. The number of carbonyl (C=O) groups excluding carboxylic acids is 1. The monoisotopic (exact) mass is 238 g/mol. The summed E-state index contributed by atoms with van der Waals surface area (Å²) in [5, 5.41) is 8.88. The third-order valence-electron chi connectivity index (χ3n) is 2.27. The number of nitrogens with zero attached hydrogens (tertiary/aromatic N) is 2. The Balaban J connectivity index is 2.69. The standard InChI is InChI=1S/C11H14N2O4/c1-3-13(2)10(14)7-17-9-6-12-5-4-8(9)11(15)16/h4-6H,3,7H2,1-2H3,(H,15,16). The zero-order valence-electron chi connectivity index (χ0n) is 9.71. The first-order chi connectivity index (χ1) is 8.06. The molecule has 6 heteroatoms. The van der Waals surface area contributed by atoms with E-state index in [1.807, 2.05) is 6.92 Å². The molecule has 1 heterocycles. The Bertz CT molecular complexity index is 420. The van der Waals surface area contributed by atoms with Gasteiger partial charge in [0.05, 0.1) is 6.20 Å². The summed E-state index contributed by atoms with van der Waals surface area (Å²) in [6.07, 6.45) is 2.64. The van der Waals surface area contributed by atoms with E-state index in [1.165, 1.54) is 23.4 Å². The van der Waals surface area contributed by atoms with Crippen LogP contribution in [0.15, 0.2) is 18.5 Å². The molecule has 1 rings (SSSR count). The van der Waals surface area contributed by atoms with Crippen molar-refractivity contribution in [3.8, 4) is 5.75 Å². The number of carboxylic acids is 1. The van der Waals surface area contributed by atoms with Gasteiger partial charge in [0.15, 0.2) is 12.4 Å². The lowest BCUT2D eigenvalue weighted by Crippen LogP contribution is -2.31. The first-order valence-corrected chi connectivity index (χ1v) is 5.10. The van der Waals surface area contributed by atoms with Gasteiger partial charge in [-0.05, 0) is 13.0 Å². The van der Waals surface area contributed by atoms with Crippen molar-refractivity contribution in [2.24, 2.45) is 0 Å². The van der Waals surface area contributed by atoms with Gasteiger partial charge in [0.1, 0.15) is 5.56 Å². The topological polar surface area (TPSA) is 79.7 Å². The van der Waals surface area contributed by atoms with Crippen molar-refractivity contribution in [1.29, 1.82) is 0 Å². The Labute approximate surface area is 98.8 Å². The summed E-state index contributed by atoms with van der Waals surface area (Å²) in [7, 11) is 1.65. The number of likely N-dealkylation sites (N-methyl/N-ethyl adjacent to an activating group) is 1. The summed E-state index contributed by atoms with van der Waals surface area (Å²) in [4.78, 5) is 27.6. The molecule has 0 aliphatic rings. The number of hydrogen-bond donors (Lipinski definition) is 1. The van der Waals surface area contributed by atoms with Gasteiger partial charge in [-0.25, -0.2) is 4.79 Å². The Hall–Kier alpha value is -2.11. The van der Waals surface area contributed by atoms with Gasteiger partial charge in [-0.2, -0.15) is 0 Å². The van der Waals surface area contributed by atoms with Gasteiger partial charge in [-0.1, -0.05) is 0 Å². The fraction of sp³-hybridized carbons (Fsp3) is 0.364. The van der Waals surface area contributed by atoms with Crippen molar-refractivity contribution in [3.63, 3.8) is 0 Å². The third kappa shape index (κ3) is 3.44. The van der Waals surface area contributed by atoms with E-state index in [0.717, 1.165) is 0 Å². The molecule has 0 aliphatic carbocycles. The fourth-order valence-corrected chi connectivity index (χ4v) is 1.10. The van der Waals surface area contributed by atoms with Crippen molar-refractivity contribution >= 4 is 11.9 Å². The smallest absolute Gasteiger partial charge is 0.339 e. The van der Waals surface area contributed by atoms with Crippen molar-refractivity contribution in [3.05, 3.63) is 24.0 Å². The number of pyridine rings is 1. The van der Waals surface area contributed by atoms with Gasteiger partial charge in [0, 0.05) is 19.8 Å². The highest BCUT2D eigenvalue weighted by atomic mass is 16.5. The van der Waals surface area contributed by atoms with Crippen LogP contribution in [0.5, 0.6) is 5.75 Å². The van der Waals surface area contributed by atoms with E-state index < -0.39 is 5.97 Å². The van der Waals surface area contributed by atoms with E-state index in [0.29, 0.717) is 6.54 Å². The lowest BCUT2D eigenvalue weighted by Gasteiger charge is -2.15. The number of rotatable bonds is 5. The molecule has 0 aliphatic heterocycles. The molecule has 0 aromatic carbocycles. The van der Waals surface area contributed by atoms with E-state index in [2.05, 4.69) is 4.98 Å². The van der Waals surface area contributed by atoms with Crippen LogP contribution in [0.1, 0.15) is 17.3 Å². The van der Waals surface area contributed by atoms with Crippen LogP contribution in [0.4, 0.5) is 0 Å². The average molecular weight is 238 g/mol. The summed E-state index contributed by atoms with van der Waals surface area (Å²) >= 11 is 0. The molecule has 0 bridgehead atoms. The number of ether oxygens (including phenoxy) is 1. The molecular formula is C11H14N2O4. The molecular weight excluding hydrogens is 224 g/mol. The number of hydrogen-bond acceptors (Lipinski definition) is 4. The highest BCUT2D eigenvalue weighted by Gasteiger charge is 2.13. The Morgan fingerprint density at radius 1 is 1.53 bits per heavy atom. The molecule has 92 valence electrons. The van der Waals surface area contributed by atoms with E-state index in [9.17, 15) is 9.59 Å². The fourth-order valence-electron chi connectivity index (χ4n) is 1.10. The summed E-state index contributed by atoms with van der Waals surface area (Å²) in [6.45, 7) is 2.21. The van der Waals surface area contributed by atoms with E-state index >= 15 is 0 Å². The molecule has 1 aromatic heterocycles. The predicted octanol–water partition coefficient (Wildman–Crippen LogP) is 0.637. The maximum absolute atomic E-state index is 11.5. The molecule has 0 saturated heterocycles. The average Bonchev–Trinajstić information content (AvgIpc) is 2.35. The van der Waals surface area contributed by atoms with Crippen LogP contribution in [0, 0.1) is 0 Å². The molecule has 1 N–H and O–H groups in total. The molecule has 0 atom stereocenters. The summed E-state index contributed by atoms with van der Waals surface area (Å²) in [6, 6.07) is 1.33. The maximum atomic E-state index is 11.5. The predicted molar refractivity (Wildman–Crippen MR) is 60.0 cm³/mol. The normalized spacial score (nSPS) is 9.76. The number of carboxylic acid groups (broad SMARTS) is 1. The lowest BCUT2D eigenvalue weighted by molar-refractivity contribution is -0.131. The maximum Gasteiger partial charge on any atom is 0.339 e. The second-order valence-electron chi connectivity index (χ2n) is 3.37. The number of carbonyl (C=O) groups is 2. The Morgan fingerprint density at radius 3 is 2.82 bits per heavy atom. The Kier molecular flexibility index (Phi) is 4.45. The van der Waals surface area contributed by atoms with Crippen LogP contribution in [-0.2, 0) is 4.79 Å². The molecule has 1 amide bonds. The Morgan fingerprint density at radius 2 is 2.24 bits per heavy atom. The number of amides is 1. The van der Waals surface area contributed by atoms with Crippen LogP contribution in [-0.4, -0.2) is 47.1 Å². The van der Waals surface area contributed by atoms with Gasteiger partial charge < -0.3 is 14.7 Å². The minimum atomic E-state index is -1.11. The van der Waals surface area contributed by atoms with Crippen LogP contribution in [0.25, 0.3) is 0 Å². The minimum absolute atomic E-state index is 0.00745. The van der Waals surface area contributed by atoms with Crippen LogP contribution in [0.2, 0.25) is 0 Å². The second kappa shape index (κ2) is 5.83. The van der Waals surface area contributed by atoms with Crippen molar-refractivity contribution in [1.82, 2.24) is 9.88 Å². The zero-order chi connectivity index (χ0) is 12.8. The first kappa shape index (κ1) is 13.0. The van der Waals surface area contributed by atoms with Gasteiger partial charge >= 0.3 is 5.97 Å². The molecule has 0 saturated carbocycles. The molecule has 0 radical (unpaired) electrons. The highest BCUT2D eigenvalue weighted by Crippen LogP contribution is 2.16. The van der Waals surface area contributed by atoms with Crippen LogP contribution >= 0.6 is 0 Å².